The van der Waals surface area contributed by atoms with Gasteiger partial charge < -0.3 is 29.4 Å². The quantitative estimate of drug-likeness (QED) is 0.160. The molecule has 1 saturated heterocycles. The number of Topliss-reactive ketones (excluding diaryl/α,β-unsaturated/α-hetero) is 1. The van der Waals surface area contributed by atoms with E-state index in [1.54, 1.807) is 58.0 Å². The molecule has 11 nitrogen and oxygen atoms in total. The Hall–Kier alpha value is -3.22. The standard InChI is InChI=1S/C30H38BrN3O8/c1-7-17-14-30(17,27(37)40-8-2)33-26(36)23-12-19(16-34(23)28(38)42-29(3,4)5)41-25-13-22(24(35)15-31)32-21-11-18(39-6)9-10-20(21)25/h7,9-11,13,17,19,23,27,37H,1,8,12,14-16H2,2-6H3,(H,33,36)/t17-,19-,23+,27-,30-/m1/s1. The normalized spacial score (nSPS) is 24.2. The molecule has 5 atom stereocenters. The van der Waals surface area contributed by atoms with E-state index in [1.165, 1.54) is 12.0 Å². The topological polar surface area (TPSA) is 137 Å². The summed E-state index contributed by atoms with van der Waals surface area (Å²) in [6, 6.07) is 5.87. The molecule has 2 amide bonds. The van der Waals surface area contributed by atoms with E-state index in [-0.39, 0.29) is 42.3 Å². The molecule has 0 spiro atoms. The number of rotatable bonds is 11. The van der Waals surface area contributed by atoms with Crippen LogP contribution in [-0.2, 0) is 14.3 Å². The molecular formula is C30H38BrN3O8. The molecule has 1 aromatic heterocycles. The molecule has 2 fully saturated rings. The Morgan fingerprint density at radius 2 is 2.05 bits per heavy atom. The molecule has 1 aromatic carbocycles. The van der Waals surface area contributed by atoms with Gasteiger partial charge in [0.25, 0.3) is 0 Å². The monoisotopic (exact) mass is 647 g/mol. The molecule has 2 heterocycles. The second-order valence-electron chi connectivity index (χ2n) is 11.5. The molecule has 1 aliphatic heterocycles. The second kappa shape index (κ2) is 12.6. The summed E-state index contributed by atoms with van der Waals surface area (Å²) in [7, 11) is 1.54. The number of pyridine rings is 1. The lowest BCUT2D eigenvalue weighted by Crippen LogP contribution is -2.55. The number of carbonyl (C=O) groups is 3. The van der Waals surface area contributed by atoms with Crippen LogP contribution in [0.4, 0.5) is 4.79 Å². The van der Waals surface area contributed by atoms with Gasteiger partial charge in [-0.05, 0) is 46.2 Å². The van der Waals surface area contributed by atoms with E-state index in [4.69, 9.17) is 18.9 Å². The number of hydrogen-bond acceptors (Lipinski definition) is 9. The molecule has 2 aliphatic rings. The molecule has 1 aliphatic carbocycles. The lowest BCUT2D eigenvalue weighted by atomic mass is 10.1. The van der Waals surface area contributed by atoms with Gasteiger partial charge in [-0.15, -0.1) is 6.58 Å². The Kier molecular flexibility index (Phi) is 9.49. The zero-order valence-electron chi connectivity index (χ0n) is 24.5. The molecule has 0 radical (unpaired) electrons. The first-order valence-electron chi connectivity index (χ1n) is 13.8. The Labute approximate surface area is 253 Å². The van der Waals surface area contributed by atoms with Gasteiger partial charge in [-0.25, -0.2) is 9.78 Å². The molecule has 2 aromatic rings. The Morgan fingerprint density at radius 1 is 1.31 bits per heavy atom. The highest BCUT2D eigenvalue weighted by Gasteiger charge is 2.60. The van der Waals surface area contributed by atoms with E-state index in [0.29, 0.717) is 28.8 Å². The van der Waals surface area contributed by atoms with Crippen molar-refractivity contribution in [1.82, 2.24) is 15.2 Å². The minimum atomic E-state index is -1.23. The highest BCUT2D eigenvalue weighted by molar-refractivity contribution is 9.09. The first-order valence-corrected chi connectivity index (χ1v) is 15.0. The molecule has 0 bridgehead atoms. The van der Waals surface area contributed by atoms with Crippen LogP contribution in [0.15, 0.2) is 36.9 Å². The summed E-state index contributed by atoms with van der Waals surface area (Å²) in [6.45, 7) is 11.1. The summed E-state index contributed by atoms with van der Waals surface area (Å²) in [5.41, 5.74) is -1.11. The van der Waals surface area contributed by atoms with Crippen molar-refractivity contribution in [2.24, 2.45) is 5.92 Å². The fourth-order valence-corrected chi connectivity index (χ4v) is 5.44. The van der Waals surface area contributed by atoms with E-state index < -0.39 is 41.6 Å². The zero-order valence-corrected chi connectivity index (χ0v) is 26.1. The van der Waals surface area contributed by atoms with Crippen LogP contribution in [-0.4, -0.2) is 87.9 Å². The van der Waals surface area contributed by atoms with Crippen molar-refractivity contribution in [3.8, 4) is 11.5 Å². The summed E-state index contributed by atoms with van der Waals surface area (Å²) in [6.07, 6.45) is -0.238. The predicted molar refractivity (Wildman–Crippen MR) is 159 cm³/mol. The lowest BCUT2D eigenvalue weighted by molar-refractivity contribution is -0.143. The highest BCUT2D eigenvalue weighted by Crippen LogP contribution is 2.47. The maximum absolute atomic E-state index is 13.7. The van der Waals surface area contributed by atoms with Gasteiger partial charge in [0.1, 0.15) is 34.9 Å². The number of aromatic nitrogens is 1. The number of nitrogens with zero attached hydrogens (tertiary/aromatic N) is 2. The van der Waals surface area contributed by atoms with E-state index >= 15 is 0 Å². The van der Waals surface area contributed by atoms with E-state index in [0.717, 1.165) is 0 Å². The maximum Gasteiger partial charge on any atom is 0.411 e. The van der Waals surface area contributed by atoms with Crippen molar-refractivity contribution in [1.29, 1.82) is 0 Å². The van der Waals surface area contributed by atoms with Gasteiger partial charge in [0.15, 0.2) is 12.1 Å². The number of likely N-dealkylation sites (tertiary alicyclic amines) is 1. The first-order chi connectivity index (χ1) is 19.8. The second-order valence-corrected chi connectivity index (χ2v) is 12.0. The summed E-state index contributed by atoms with van der Waals surface area (Å²) >= 11 is 3.20. The Bertz CT molecular complexity index is 1360. The number of alkyl halides is 1. The molecule has 4 rings (SSSR count). The number of nitrogens with one attached hydrogen (secondary N) is 1. The minimum Gasteiger partial charge on any atom is -0.497 e. The third kappa shape index (κ3) is 6.71. The van der Waals surface area contributed by atoms with Crippen molar-refractivity contribution in [3.05, 3.63) is 42.6 Å². The summed E-state index contributed by atoms with van der Waals surface area (Å²) in [5.74, 6) is 0.0768. The van der Waals surface area contributed by atoms with Crippen molar-refractivity contribution < 1.29 is 38.4 Å². The zero-order chi connectivity index (χ0) is 30.8. The smallest absolute Gasteiger partial charge is 0.411 e. The predicted octanol–water partition coefficient (Wildman–Crippen LogP) is 3.99. The van der Waals surface area contributed by atoms with Crippen LogP contribution in [0.2, 0.25) is 0 Å². The van der Waals surface area contributed by atoms with Crippen LogP contribution in [0.25, 0.3) is 10.9 Å². The first kappa shape index (κ1) is 31.7. The van der Waals surface area contributed by atoms with Crippen molar-refractivity contribution in [2.75, 3.05) is 25.6 Å². The number of fused-ring (bicyclic) bond motifs is 1. The van der Waals surface area contributed by atoms with Gasteiger partial charge in [0.05, 0.1) is 30.0 Å². The number of aliphatic hydroxyl groups excluding tert-OH is 1. The van der Waals surface area contributed by atoms with Gasteiger partial charge in [-0.3, -0.25) is 14.5 Å². The average molecular weight is 649 g/mol. The molecule has 12 heteroatoms. The molecule has 42 heavy (non-hydrogen) atoms. The van der Waals surface area contributed by atoms with Crippen molar-refractivity contribution >= 4 is 44.6 Å². The van der Waals surface area contributed by atoms with Crippen LogP contribution < -0.4 is 14.8 Å². The van der Waals surface area contributed by atoms with Gasteiger partial charge in [0.2, 0.25) is 5.91 Å². The molecule has 1 saturated carbocycles. The van der Waals surface area contributed by atoms with Crippen LogP contribution >= 0.6 is 15.9 Å². The minimum absolute atomic E-state index is 0.0561. The highest BCUT2D eigenvalue weighted by atomic mass is 79.9. The number of ether oxygens (including phenoxy) is 4. The SMILES string of the molecule is C=C[C@@H]1C[C@]1(NC(=O)[C@@H]1C[C@@H](Oc2cc(C(=O)CBr)nc3cc(OC)ccc23)CN1C(=O)OC(C)(C)C)[C@H](O)OCC. The van der Waals surface area contributed by atoms with Gasteiger partial charge >= 0.3 is 6.09 Å². The number of methoxy groups -OCH3 is 1. The molecular weight excluding hydrogens is 610 g/mol. The van der Waals surface area contributed by atoms with E-state index in [9.17, 15) is 19.5 Å². The Morgan fingerprint density at radius 3 is 2.64 bits per heavy atom. The maximum atomic E-state index is 13.7. The molecule has 0 unspecified atom stereocenters. The van der Waals surface area contributed by atoms with E-state index in [1.807, 2.05) is 0 Å². The number of aliphatic hydroxyl groups is 1. The fourth-order valence-electron chi connectivity index (χ4n) is 5.15. The van der Waals surface area contributed by atoms with Crippen molar-refractivity contribution in [2.45, 2.75) is 70.1 Å². The summed E-state index contributed by atoms with van der Waals surface area (Å²) in [5, 5.41) is 14.3. The van der Waals surface area contributed by atoms with Crippen LogP contribution in [0, 0.1) is 5.92 Å². The third-order valence-electron chi connectivity index (χ3n) is 7.34. The molecule has 228 valence electrons. The third-order valence-corrected chi connectivity index (χ3v) is 7.85. The number of ketones is 1. The molecule has 2 N–H and O–H groups in total. The van der Waals surface area contributed by atoms with Gasteiger partial charge in [0, 0.05) is 36.5 Å². The van der Waals surface area contributed by atoms with Gasteiger partial charge in [-0.2, -0.15) is 0 Å². The number of benzene rings is 1. The summed E-state index contributed by atoms with van der Waals surface area (Å²) < 4.78 is 22.8. The van der Waals surface area contributed by atoms with Crippen LogP contribution in [0.5, 0.6) is 11.5 Å². The number of halogens is 1. The van der Waals surface area contributed by atoms with Crippen molar-refractivity contribution in [3.63, 3.8) is 0 Å². The lowest BCUT2D eigenvalue weighted by Gasteiger charge is -2.30. The Balaban J connectivity index is 1.64. The van der Waals surface area contributed by atoms with Crippen LogP contribution in [0.1, 0.15) is 51.0 Å². The largest absolute Gasteiger partial charge is 0.497 e. The van der Waals surface area contributed by atoms with E-state index in [2.05, 4.69) is 32.8 Å². The number of hydrogen-bond donors (Lipinski definition) is 2. The fraction of sp³-hybridized carbons (Fsp3) is 0.533. The number of amides is 2. The summed E-state index contributed by atoms with van der Waals surface area (Å²) in [4.78, 5) is 45.4. The van der Waals surface area contributed by atoms with Crippen LogP contribution in [0.3, 0.4) is 0 Å². The number of carbonyl (C=O) groups excluding carboxylic acids is 3. The average Bonchev–Trinajstić information content (AvgIpc) is 3.50. The van der Waals surface area contributed by atoms with Gasteiger partial charge in [-0.1, -0.05) is 22.0 Å².